The molecule has 1 nitrogen and oxygen atoms in total. The fraction of sp³-hybridized carbons (Fsp3) is 0.750. The molecule has 0 rings (SSSR count). The average Bonchev–Trinajstić information content (AvgIpc) is 1.97. The number of hydrogen-bond donors (Lipinski definition) is 1. The smallest absolute Gasteiger partial charge is 0.0551 e. The van der Waals surface area contributed by atoms with Crippen molar-refractivity contribution in [1.82, 2.24) is 0 Å². The minimum absolute atomic E-state index is 0.482. The van der Waals surface area contributed by atoms with E-state index >= 15 is 0 Å². The molecule has 0 aromatic carbocycles. The minimum atomic E-state index is 0.482. The van der Waals surface area contributed by atoms with Crippen molar-refractivity contribution in [2.24, 2.45) is 5.73 Å². The number of alkyl halides is 1. The van der Waals surface area contributed by atoms with Crippen LogP contribution >= 0.6 is 11.6 Å². The molecule has 0 radical (unpaired) electrons. The first kappa shape index (κ1) is 9.81. The maximum atomic E-state index is 5.49. The summed E-state index contributed by atoms with van der Waals surface area (Å²) in [5.41, 5.74) is 5.17. The Kier molecular flexibility index (Phi) is 8.64. The summed E-state index contributed by atoms with van der Waals surface area (Å²) in [5, 5.41) is 0. The Bertz CT molecular complexity index is 112. The van der Waals surface area contributed by atoms with Crippen molar-refractivity contribution in [2.75, 3.05) is 12.4 Å². The summed E-state index contributed by atoms with van der Waals surface area (Å²) in [5.74, 6) is 6.56. The fourth-order valence-electron chi connectivity index (χ4n) is 0.645. The lowest BCUT2D eigenvalue weighted by atomic mass is 10.2. The van der Waals surface area contributed by atoms with E-state index < -0.39 is 0 Å². The zero-order chi connectivity index (χ0) is 7.66. The van der Waals surface area contributed by atoms with E-state index in [4.69, 9.17) is 17.3 Å². The zero-order valence-corrected chi connectivity index (χ0v) is 6.95. The number of halogens is 1. The van der Waals surface area contributed by atoms with Crippen LogP contribution in [0, 0.1) is 11.8 Å². The van der Waals surface area contributed by atoms with Crippen LogP contribution in [0.1, 0.15) is 25.7 Å². The van der Waals surface area contributed by atoms with Gasteiger partial charge >= 0.3 is 0 Å². The maximum Gasteiger partial charge on any atom is 0.0551 e. The standard InChI is InChI=1S/C8H14ClN/c9-7-5-3-1-2-4-6-8-10/h1-3,5,7-8,10H2. The van der Waals surface area contributed by atoms with E-state index in [-0.39, 0.29) is 0 Å². The summed E-state index contributed by atoms with van der Waals surface area (Å²) >= 11 is 5.49. The van der Waals surface area contributed by atoms with Gasteiger partial charge in [0.15, 0.2) is 0 Å². The summed E-state index contributed by atoms with van der Waals surface area (Å²) < 4.78 is 0. The van der Waals surface area contributed by atoms with Gasteiger partial charge in [-0.2, -0.15) is 0 Å². The van der Waals surface area contributed by atoms with Crippen molar-refractivity contribution in [3.05, 3.63) is 0 Å². The van der Waals surface area contributed by atoms with Crippen LogP contribution in [0.4, 0.5) is 0 Å². The largest absolute Gasteiger partial charge is 0.320 e. The molecule has 0 aliphatic carbocycles. The molecule has 0 spiro atoms. The predicted octanol–water partition coefficient (Wildman–Crippen LogP) is 1.75. The molecule has 0 bridgehead atoms. The molecule has 10 heavy (non-hydrogen) atoms. The van der Waals surface area contributed by atoms with E-state index in [0.717, 1.165) is 25.1 Å². The van der Waals surface area contributed by atoms with Gasteiger partial charge in [-0.05, 0) is 12.8 Å². The molecular weight excluding hydrogens is 146 g/mol. The summed E-state index contributed by atoms with van der Waals surface area (Å²) in [6.45, 7) is 0.482. The summed E-state index contributed by atoms with van der Waals surface area (Å²) in [7, 11) is 0. The second kappa shape index (κ2) is 8.81. The van der Waals surface area contributed by atoms with Crippen LogP contribution in [0.5, 0.6) is 0 Å². The Morgan fingerprint density at radius 2 is 1.90 bits per heavy atom. The van der Waals surface area contributed by atoms with Crippen molar-refractivity contribution in [1.29, 1.82) is 0 Å². The second-order valence-electron chi connectivity index (χ2n) is 2.06. The monoisotopic (exact) mass is 159 g/mol. The molecule has 0 saturated carbocycles. The Labute approximate surface area is 67.9 Å². The quantitative estimate of drug-likeness (QED) is 0.378. The van der Waals surface area contributed by atoms with E-state index in [1.165, 1.54) is 6.42 Å². The molecule has 58 valence electrons. The van der Waals surface area contributed by atoms with Crippen molar-refractivity contribution in [3.63, 3.8) is 0 Å². The number of hydrogen-bond acceptors (Lipinski definition) is 1. The normalized spacial score (nSPS) is 8.60. The number of nitrogens with two attached hydrogens (primary N) is 1. The van der Waals surface area contributed by atoms with Gasteiger partial charge in [-0.15, -0.1) is 17.5 Å². The predicted molar refractivity (Wildman–Crippen MR) is 46.0 cm³/mol. The Morgan fingerprint density at radius 3 is 2.50 bits per heavy atom. The highest BCUT2D eigenvalue weighted by Gasteiger charge is 1.83. The third kappa shape index (κ3) is 7.81. The molecule has 0 unspecified atom stereocenters. The molecule has 0 aliphatic heterocycles. The number of unbranched alkanes of at least 4 members (excludes halogenated alkanes) is 3. The molecular formula is C8H14ClN. The molecule has 0 aromatic heterocycles. The molecule has 0 heterocycles. The van der Waals surface area contributed by atoms with E-state index in [1.54, 1.807) is 0 Å². The van der Waals surface area contributed by atoms with Gasteiger partial charge in [0.25, 0.3) is 0 Å². The first-order valence-corrected chi connectivity index (χ1v) is 4.17. The summed E-state index contributed by atoms with van der Waals surface area (Å²) in [6, 6.07) is 0. The van der Waals surface area contributed by atoms with Crippen LogP contribution in [0.25, 0.3) is 0 Å². The molecule has 0 amide bonds. The highest BCUT2D eigenvalue weighted by atomic mass is 35.5. The highest BCUT2D eigenvalue weighted by molar-refractivity contribution is 6.17. The van der Waals surface area contributed by atoms with Crippen molar-refractivity contribution < 1.29 is 0 Å². The molecule has 2 N–H and O–H groups in total. The SMILES string of the molecule is NCC#CCCCCCCl. The zero-order valence-electron chi connectivity index (χ0n) is 6.20. The summed E-state index contributed by atoms with van der Waals surface area (Å²) in [4.78, 5) is 0. The molecule has 0 aliphatic rings. The van der Waals surface area contributed by atoms with Crippen molar-refractivity contribution in [2.45, 2.75) is 25.7 Å². The number of rotatable bonds is 4. The second-order valence-corrected chi connectivity index (χ2v) is 2.44. The van der Waals surface area contributed by atoms with Crippen LogP contribution in [-0.4, -0.2) is 12.4 Å². The fourth-order valence-corrected chi connectivity index (χ4v) is 0.834. The molecule has 0 atom stereocenters. The van der Waals surface area contributed by atoms with Crippen LogP contribution in [0.3, 0.4) is 0 Å². The topological polar surface area (TPSA) is 26.0 Å². The van der Waals surface area contributed by atoms with E-state index in [0.29, 0.717) is 6.54 Å². The van der Waals surface area contributed by atoms with Gasteiger partial charge in [0.05, 0.1) is 6.54 Å². The molecule has 0 saturated heterocycles. The third-order valence-corrected chi connectivity index (χ3v) is 1.43. The molecule has 0 fully saturated rings. The van der Waals surface area contributed by atoms with Crippen LogP contribution in [0.2, 0.25) is 0 Å². The van der Waals surface area contributed by atoms with Gasteiger partial charge in [0, 0.05) is 12.3 Å². The lowest BCUT2D eigenvalue weighted by Gasteiger charge is -1.90. The van der Waals surface area contributed by atoms with E-state index in [2.05, 4.69) is 11.8 Å². The lowest BCUT2D eigenvalue weighted by Crippen LogP contribution is -1.92. The third-order valence-electron chi connectivity index (χ3n) is 1.16. The lowest BCUT2D eigenvalue weighted by molar-refractivity contribution is 0.740. The minimum Gasteiger partial charge on any atom is -0.320 e. The molecule has 0 aromatic rings. The van der Waals surface area contributed by atoms with Gasteiger partial charge < -0.3 is 5.73 Å². The van der Waals surface area contributed by atoms with E-state index in [9.17, 15) is 0 Å². The van der Waals surface area contributed by atoms with Gasteiger partial charge in [-0.3, -0.25) is 0 Å². The maximum absolute atomic E-state index is 5.49. The highest BCUT2D eigenvalue weighted by Crippen LogP contribution is 1.99. The summed E-state index contributed by atoms with van der Waals surface area (Å²) in [6.07, 6.45) is 4.41. The van der Waals surface area contributed by atoms with Gasteiger partial charge in [-0.25, -0.2) is 0 Å². The molecule has 2 heteroatoms. The van der Waals surface area contributed by atoms with Crippen LogP contribution < -0.4 is 5.73 Å². The first-order valence-electron chi connectivity index (χ1n) is 3.63. The Hall–Kier alpha value is -0.190. The van der Waals surface area contributed by atoms with Crippen LogP contribution in [-0.2, 0) is 0 Å². The van der Waals surface area contributed by atoms with Gasteiger partial charge in [-0.1, -0.05) is 12.3 Å². The average molecular weight is 160 g/mol. The van der Waals surface area contributed by atoms with Crippen molar-refractivity contribution in [3.8, 4) is 11.8 Å². The van der Waals surface area contributed by atoms with Crippen molar-refractivity contribution >= 4 is 11.6 Å². The Balaban J connectivity index is 2.90. The van der Waals surface area contributed by atoms with E-state index in [1.807, 2.05) is 0 Å². The Morgan fingerprint density at radius 1 is 1.10 bits per heavy atom. The van der Waals surface area contributed by atoms with Crippen LogP contribution in [0.15, 0.2) is 0 Å². The van der Waals surface area contributed by atoms with Gasteiger partial charge in [0.2, 0.25) is 0 Å². The first-order chi connectivity index (χ1) is 4.91. The van der Waals surface area contributed by atoms with Gasteiger partial charge in [0.1, 0.15) is 0 Å².